The molecule has 0 N–H and O–H groups in total. The first-order valence-corrected chi connectivity index (χ1v) is 4.98. The van der Waals surface area contributed by atoms with E-state index in [9.17, 15) is 22.4 Å². The van der Waals surface area contributed by atoms with E-state index >= 15 is 0 Å². The first kappa shape index (κ1) is 12.0. The molecular formula is C9H9F4N3O. The van der Waals surface area contributed by atoms with Gasteiger partial charge in [-0.2, -0.15) is 13.2 Å². The second-order valence-electron chi connectivity index (χ2n) is 4.01. The Morgan fingerprint density at radius 3 is 2.71 bits per heavy atom. The number of carbonyl (C=O) groups excluding carboxylic acids is 1. The lowest BCUT2D eigenvalue weighted by Crippen LogP contribution is -2.16. The molecule has 0 aliphatic carbocycles. The van der Waals surface area contributed by atoms with Crippen LogP contribution in [0.25, 0.3) is 0 Å². The molecule has 0 saturated carbocycles. The van der Waals surface area contributed by atoms with Crippen LogP contribution < -0.4 is 0 Å². The largest absolute Gasteiger partial charge is 0.396 e. The van der Waals surface area contributed by atoms with Gasteiger partial charge in [0, 0.05) is 6.42 Å². The normalized spacial score (nSPS) is 23.8. The summed E-state index contributed by atoms with van der Waals surface area (Å²) in [5.41, 5.74) is 0. The zero-order valence-electron chi connectivity index (χ0n) is 8.83. The van der Waals surface area contributed by atoms with Crippen LogP contribution in [0.3, 0.4) is 0 Å². The van der Waals surface area contributed by atoms with E-state index in [2.05, 4.69) is 10.1 Å². The SMILES string of the molecule is C[C@H]1C[C@@H](F)c2nc(C(=O)CC(F)(F)F)nn21. The molecule has 94 valence electrons. The lowest BCUT2D eigenvalue weighted by Gasteiger charge is -2.03. The molecule has 2 heterocycles. The average Bonchev–Trinajstić information content (AvgIpc) is 2.67. The monoisotopic (exact) mass is 251 g/mol. The molecule has 0 amide bonds. The van der Waals surface area contributed by atoms with Gasteiger partial charge in [0.25, 0.3) is 0 Å². The smallest absolute Gasteiger partial charge is 0.290 e. The molecule has 1 aromatic heterocycles. The molecule has 0 fully saturated rings. The highest BCUT2D eigenvalue weighted by Gasteiger charge is 2.36. The quantitative estimate of drug-likeness (QED) is 0.599. The van der Waals surface area contributed by atoms with E-state index in [0.717, 1.165) is 0 Å². The van der Waals surface area contributed by atoms with E-state index in [1.54, 1.807) is 6.92 Å². The van der Waals surface area contributed by atoms with E-state index in [0.29, 0.717) is 0 Å². The fourth-order valence-electron chi connectivity index (χ4n) is 1.76. The molecule has 8 heteroatoms. The molecule has 0 bridgehead atoms. The minimum absolute atomic E-state index is 0.0666. The van der Waals surface area contributed by atoms with Gasteiger partial charge in [-0.15, -0.1) is 5.10 Å². The van der Waals surface area contributed by atoms with Crippen molar-refractivity contribution in [3.63, 3.8) is 0 Å². The number of nitrogens with zero attached hydrogens (tertiary/aromatic N) is 3. The van der Waals surface area contributed by atoms with Crippen LogP contribution in [-0.2, 0) is 0 Å². The van der Waals surface area contributed by atoms with Crippen molar-refractivity contribution in [2.45, 2.75) is 38.2 Å². The van der Waals surface area contributed by atoms with Crippen molar-refractivity contribution in [3.05, 3.63) is 11.6 Å². The van der Waals surface area contributed by atoms with Crippen molar-refractivity contribution < 1.29 is 22.4 Å². The van der Waals surface area contributed by atoms with Gasteiger partial charge in [-0.1, -0.05) is 0 Å². The van der Waals surface area contributed by atoms with Crippen LogP contribution in [0.4, 0.5) is 17.6 Å². The fourth-order valence-corrected chi connectivity index (χ4v) is 1.76. The van der Waals surface area contributed by atoms with Gasteiger partial charge >= 0.3 is 6.18 Å². The van der Waals surface area contributed by atoms with E-state index in [1.165, 1.54) is 4.68 Å². The summed E-state index contributed by atoms with van der Waals surface area (Å²) in [6.45, 7) is 1.66. The lowest BCUT2D eigenvalue weighted by molar-refractivity contribution is -0.125. The van der Waals surface area contributed by atoms with Crippen LogP contribution in [0.2, 0.25) is 0 Å². The summed E-state index contributed by atoms with van der Waals surface area (Å²) in [7, 11) is 0. The van der Waals surface area contributed by atoms with Crippen LogP contribution in [-0.4, -0.2) is 26.7 Å². The third kappa shape index (κ3) is 2.29. The number of alkyl halides is 4. The van der Waals surface area contributed by atoms with Gasteiger partial charge in [-0.05, 0) is 6.92 Å². The second kappa shape index (κ2) is 3.78. The molecule has 1 aromatic rings. The van der Waals surface area contributed by atoms with Gasteiger partial charge in [0.2, 0.25) is 11.6 Å². The Morgan fingerprint density at radius 1 is 1.53 bits per heavy atom. The van der Waals surface area contributed by atoms with Crippen molar-refractivity contribution in [3.8, 4) is 0 Å². The van der Waals surface area contributed by atoms with Gasteiger partial charge < -0.3 is 0 Å². The minimum atomic E-state index is -4.60. The van der Waals surface area contributed by atoms with Crippen LogP contribution in [0, 0.1) is 0 Å². The summed E-state index contributed by atoms with van der Waals surface area (Å²) < 4.78 is 50.5. The Hall–Kier alpha value is -1.47. The van der Waals surface area contributed by atoms with Crippen LogP contribution in [0.5, 0.6) is 0 Å². The van der Waals surface area contributed by atoms with E-state index in [1.807, 2.05) is 0 Å². The number of halogens is 4. The van der Waals surface area contributed by atoms with Crippen molar-refractivity contribution in [1.29, 1.82) is 0 Å². The second-order valence-corrected chi connectivity index (χ2v) is 4.01. The summed E-state index contributed by atoms with van der Waals surface area (Å²) >= 11 is 0. The Morgan fingerprint density at radius 2 is 2.18 bits per heavy atom. The van der Waals surface area contributed by atoms with E-state index in [-0.39, 0.29) is 18.3 Å². The molecule has 1 aliphatic rings. The Bertz CT molecular complexity index is 428. The molecule has 2 atom stereocenters. The van der Waals surface area contributed by atoms with Crippen LogP contribution >= 0.6 is 0 Å². The van der Waals surface area contributed by atoms with Crippen molar-refractivity contribution >= 4 is 5.78 Å². The van der Waals surface area contributed by atoms with Gasteiger partial charge in [-0.3, -0.25) is 4.79 Å². The van der Waals surface area contributed by atoms with Gasteiger partial charge in [0.15, 0.2) is 12.0 Å². The maximum Gasteiger partial charge on any atom is 0.396 e. The molecule has 0 spiro atoms. The molecule has 0 radical (unpaired) electrons. The molecule has 0 unspecified atom stereocenters. The van der Waals surface area contributed by atoms with Crippen molar-refractivity contribution in [2.75, 3.05) is 0 Å². The summed E-state index contributed by atoms with van der Waals surface area (Å²) in [5, 5.41) is 3.62. The summed E-state index contributed by atoms with van der Waals surface area (Å²) in [6, 6.07) is -0.292. The predicted octanol–water partition coefficient (Wildman–Crippen LogP) is 2.39. The van der Waals surface area contributed by atoms with E-state index < -0.39 is 30.4 Å². The maximum atomic E-state index is 13.3. The minimum Gasteiger partial charge on any atom is -0.290 e. The first-order chi connectivity index (χ1) is 7.78. The predicted molar refractivity (Wildman–Crippen MR) is 48.2 cm³/mol. The van der Waals surface area contributed by atoms with E-state index in [4.69, 9.17) is 0 Å². The molecule has 0 saturated heterocycles. The molecule has 0 aromatic carbocycles. The highest BCUT2D eigenvalue weighted by atomic mass is 19.4. The number of Topliss-reactive ketones (excluding diaryl/α,β-unsaturated/α-hetero) is 1. The number of rotatable bonds is 2. The highest BCUT2D eigenvalue weighted by molar-refractivity contribution is 5.92. The first-order valence-electron chi connectivity index (χ1n) is 4.98. The number of hydrogen-bond donors (Lipinski definition) is 0. The Kier molecular flexibility index (Phi) is 2.67. The number of fused-ring (bicyclic) bond motifs is 1. The van der Waals surface area contributed by atoms with Gasteiger partial charge in [-0.25, -0.2) is 14.1 Å². The summed E-state index contributed by atoms with van der Waals surface area (Å²) in [5.74, 6) is -1.87. The van der Waals surface area contributed by atoms with Crippen LogP contribution in [0.1, 0.15) is 48.4 Å². The molecule has 17 heavy (non-hydrogen) atoms. The number of hydrogen-bond acceptors (Lipinski definition) is 3. The zero-order chi connectivity index (χ0) is 12.8. The zero-order valence-corrected chi connectivity index (χ0v) is 8.83. The molecule has 4 nitrogen and oxygen atoms in total. The van der Waals surface area contributed by atoms with Gasteiger partial charge in [0.05, 0.1) is 6.04 Å². The third-order valence-corrected chi connectivity index (χ3v) is 2.51. The third-order valence-electron chi connectivity index (χ3n) is 2.51. The summed E-state index contributed by atoms with van der Waals surface area (Å²) in [4.78, 5) is 14.7. The Balaban J connectivity index is 2.22. The lowest BCUT2D eigenvalue weighted by atomic mass is 10.2. The maximum absolute atomic E-state index is 13.3. The van der Waals surface area contributed by atoms with Gasteiger partial charge in [0.1, 0.15) is 6.42 Å². The fraction of sp³-hybridized carbons (Fsp3) is 0.667. The summed E-state index contributed by atoms with van der Waals surface area (Å²) in [6.07, 6.45) is -7.41. The van der Waals surface area contributed by atoms with Crippen molar-refractivity contribution in [1.82, 2.24) is 14.8 Å². The number of ketones is 1. The number of aromatic nitrogens is 3. The Labute approximate surface area is 93.6 Å². The number of carbonyl (C=O) groups is 1. The van der Waals surface area contributed by atoms with Crippen molar-refractivity contribution in [2.24, 2.45) is 0 Å². The highest BCUT2D eigenvalue weighted by Crippen LogP contribution is 2.35. The molecule has 1 aliphatic heterocycles. The van der Waals surface area contributed by atoms with Crippen LogP contribution in [0.15, 0.2) is 0 Å². The molecule has 2 rings (SSSR count). The topological polar surface area (TPSA) is 47.8 Å². The standard InChI is InChI=1S/C9H9F4N3O/c1-4-2-5(10)8-14-7(15-16(4)8)6(17)3-9(11,12)13/h4-5H,2-3H2,1H3/t4-,5+/m0/s1. The average molecular weight is 251 g/mol. The molecular weight excluding hydrogens is 242 g/mol.